The Morgan fingerprint density at radius 3 is 2.33 bits per heavy atom. The lowest BCUT2D eigenvalue weighted by Crippen LogP contribution is -2.46. The topological polar surface area (TPSA) is 63.2 Å². The fourth-order valence-corrected chi connectivity index (χ4v) is 5.45. The van der Waals surface area contributed by atoms with Crippen LogP contribution in [-0.4, -0.2) is 47.7 Å². The van der Waals surface area contributed by atoms with Crippen molar-refractivity contribution in [1.82, 2.24) is 5.32 Å². The molecule has 0 amide bonds. The minimum Gasteiger partial charge on any atom is -0.311 e. The molecule has 1 heterocycles. The predicted octanol–water partition coefficient (Wildman–Crippen LogP) is 0.843. The predicted molar refractivity (Wildman–Crippen MR) is 74.9 cm³/mol. The van der Waals surface area contributed by atoms with Gasteiger partial charge in [-0.1, -0.05) is 6.42 Å². The first-order valence-corrected chi connectivity index (χ1v) is 10.2. The van der Waals surface area contributed by atoms with Crippen LogP contribution in [0.5, 0.6) is 0 Å². The van der Waals surface area contributed by atoms with E-state index in [4.69, 9.17) is 0 Å². The molecule has 0 radical (unpaired) electrons. The van der Waals surface area contributed by atoms with Crippen molar-refractivity contribution in [2.75, 3.05) is 17.8 Å². The van der Waals surface area contributed by atoms with Crippen molar-refractivity contribution in [3.63, 3.8) is 0 Å². The Hall–Kier alpha value is 0.0600. The van der Waals surface area contributed by atoms with E-state index in [-0.39, 0.29) is 5.25 Å². The lowest BCUT2D eigenvalue weighted by Gasteiger charge is -2.33. The van der Waals surface area contributed by atoms with Gasteiger partial charge in [-0.3, -0.25) is 4.21 Å². The number of hydrogen-bond donors (Lipinski definition) is 1. The summed E-state index contributed by atoms with van der Waals surface area (Å²) < 4.78 is 34.5. The van der Waals surface area contributed by atoms with Crippen LogP contribution in [0.4, 0.5) is 0 Å². The van der Waals surface area contributed by atoms with E-state index in [2.05, 4.69) is 5.32 Å². The Morgan fingerprint density at radius 1 is 1.06 bits per heavy atom. The molecular formula is C12H23NO3S2. The molecule has 1 N–H and O–H groups in total. The van der Waals surface area contributed by atoms with Crippen LogP contribution in [0.25, 0.3) is 0 Å². The molecule has 2 rings (SSSR count). The molecule has 0 aromatic carbocycles. The molecule has 18 heavy (non-hydrogen) atoms. The second kappa shape index (κ2) is 6.01. The van der Waals surface area contributed by atoms with Crippen molar-refractivity contribution in [1.29, 1.82) is 0 Å². The Bertz CT molecular complexity index is 398. The van der Waals surface area contributed by atoms with Gasteiger partial charge in [-0.15, -0.1) is 0 Å². The number of hydrogen-bond acceptors (Lipinski definition) is 4. The van der Waals surface area contributed by atoms with Crippen LogP contribution in [0.1, 0.15) is 38.5 Å². The minimum atomic E-state index is -2.90. The summed E-state index contributed by atoms with van der Waals surface area (Å²) in [6.07, 6.45) is 6.91. The maximum Gasteiger partial charge on any atom is 0.150 e. The zero-order valence-electron chi connectivity index (χ0n) is 10.9. The molecule has 2 atom stereocenters. The maximum atomic E-state index is 11.6. The molecule has 106 valence electrons. The largest absolute Gasteiger partial charge is 0.311 e. The normalized spacial score (nSPS) is 38.5. The molecule has 2 fully saturated rings. The van der Waals surface area contributed by atoms with Crippen molar-refractivity contribution in [2.24, 2.45) is 0 Å². The quantitative estimate of drug-likeness (QED) is 0.837. The second-order valence-corrected chi connectivity index (χ2v) is 9.63. The van der Waals surface area contributed by atoms with Gasteiger partial charge in [-0.25, -0.2) is 8.42 Å². The van der Waals surface area contributed by atoms with E-state index in [0.717, 1.165) is 50.0 Å². The van der Waals surface area contributed by atoms with Crippen LogP contribution < -0.4 is 5.32 Å². The molecule has 2 aliphatic rings. The third kappa shape index (κ3) is 4.03. The summed E-state index contributed by atoms with van der Waals surface area (Å²) in [6, 6.07) is 0.765. The first kappa shape index (κ1) is 14.5. The van der Waals surface area contributed by atoms with E-state index in [1.807, 2.05) is 0 Å². The molecular weight excluding hydrogens is 270 g/mol. The van der Waals surface area contributed by atoms with E-state index in [9.17, 15) is 12.6 Å². The first-order valence-electron chi connectivity index (χ1n) is 6.75. The Morgan fingerprint density at radius 2 is 1.72 bits per heavy atom. The SMILES string of the molecule is CS(=O)(=O)C1CCCC(NC2CCS(=O)CC2)C1. The number of rotatable bonds is 3. The van der Waals surface area contributed by atoms with Crippen molar-refractivity contribution in [2.45, 2.75) is 55.9 Å². The van der Waals surface area contributed by atoms with Gasteiger partial charge in [0.25, 0.3) is 0 Å². The van der Waals surface area contributed by atoms with Crippen LogP contribution in [0, 0.1) is 0 Å². The summed E-state index contributed by atoms with van der Waals surface area (Å²) in [5.41, 5.74) is 0. The second-order valence-electron chi connectivity index (χ2n) is 5.60. The van der Waals surface area contributed by atoms with Crippen LogP contribution in [0.2, 0.25) is 0 Å². The van der Waals surface area contributed by atoms with E-state index in [1.54, 1.807) is 0 Å². The molecule has 0 aromatic heterocycles. The summed E-state index contributed by atoms with van der Waals surface area (Å²) in [5.74, 6) is 1.58. The highest BCUT2D eigenvalue weighted by Crippen LogP contribution is 2.25. The molecule has 1 aliphatic carbocycles. The van der Waals surface area contributed by atoms with Gasteiger partial charge in [-0.2, -0.15) is 0 Å². The third-order valence-corrected chi connectivity index (χ3v) is 7.11. The fraction of sp³-hybridized carbons (Fsp3) is 1.00. The van der Waals surface area contributed by atoms with Crippen molar-refractivity contribution >= 4 is 20.6 Å². The molecule has 0 aromatic rings. The van der Waals surface area contributed by atoms with Gasteiger partial charge in [0.1, 0.15) is 9.84 Å². The van der Waals surface area contributed by atoms with Crippen molar-refractivity contribution in [3.8, 4) is 0 Å². The van der Waals surface area contributed by atoms with Crippen molar-refractivity contribution in [3.05, 3.63) is 0 Å². The van der Waals surface area contributed by atoms with E-state index >= 15 is 0 Å². The summed E-state index contributed by atoms with van der Waals surface area (Å²) in [4.78, 5) is 0. The van der Waals surface area contributed by atoms with Crippen LogP contribution in [0.3, 0.4) is 0 Å². The van der Waals surface area contributed by atoms with Crippen LogP contribution >= 0.6 is 0 Å². The summed E-state index contributed by atoms with van der Waals surface area (Å²) in [7, 11) is -3.52. The van der Waals surface area contributed by atoms with Gasteiger partial charge in [0.15, 0.2) is 0 Å². The molecule has 0 spiro atoms. The third-order valence-electron chi connectivity index (χ3n) is 4.09. The molecule has 4 nitrogen and oxygen atoms in total. The average Bonchev–Trinajstić information content (AvgIpc) is 2.31. The Kier molecular flexibility index (Phi) is 4.83. The molecule has 1 aliphatic heterocycles. The van der Waals surface area contributed by atoms with Gasteiger partial charge in [0, 0.05) is 40.6 Å². The summed E-state index contributed by atoms with van der Waals surface area (Å²) in [6.45, 7) is 0. The first-order chi connectivity index (χ1) is 8.45. The summed E-state index contributed by atoms with van der Waals surface area (Å²) in [5, 5.41) is 3.42. The maximum absolute atomic E-state index is 11.6. The zero-order valence-corrected chi connectivity index (χ0v) is 12.6. The van der Waals surface area contributed by atoms with Gasteiger partial charge < -0.3 is 5.32 Å². The highest BCUT2D eigenvalue weighted by molar-refractivity contribution is 7.91. The van der Waals surface area contributed by atoms with E-state index in [0.29, 0.717) is 12.1 Å². The number of nitrogens with one attached hydrogen (secondary N) is 1. The van der Waals surface area contributed by atoms with E-state index in [1.165, 1.54) is 6.26 Å². The lowest BCUT2D eigenvalue weighted by molar-refractivity contribution is 0.325. The molecule has 1 saturated heterocycles. The van der Waals surface area contributed by atoms with Gasteiger partial charge in [0.05, 0.1) is 5.25 Å². The molecule has 1 saturated carbocycles. The molecule has 6 heteroatoms. The molecule has 0 bridgehead atoms. The Labute approximate surface area is 112 Å². The van der Waals surface area contributed by atoms with Gasteiger partial charge >= 0.3 is 0 Å². The Balaban J connectivity index is 1.84. The monoisotopic (exact) mass is 293 g/mol. The molecule has 2 unspecified atom stereocenters. The lowest BCUT2D eigenvalue weighted by atomic mass is 9.94. The van der Waals surface area contributed by atoms with Gasteiger partial charge in [0.2, 0.25) is 0 Å². The average molecular weight is 293 g/mol. The number of sulfone groups is 1. The zero-order chi connectivity index (χ0) is 13.2. The summed E-state index contributed by atoms with van der Waals surface area (Å²) >= 11 is 0. The van der Waals surface area contributed by atoms with Gasteiger partial charge in [-0.05, 0) is 32.1 Å². The highest BCUT2D eigenvalue weighted by atomic mass is 32.2. The smallest absolute Gasteiger partial charge is 0.150 e. The minimum absolute atomic E-state index is 0.165. The van der Waals surface area contributed by atoms with E-state index < -0.39 is 20.6 Å². The highest BCUT2D eigenvalue weighted by Gasteiger charge is 2.30. The van der Waals surface area contributed by atoms with Crippen molar-refractivity contribution < 1.29 is 12.6 Å². The standard InChI is InChI=1S/C12H23NO3S2/c1-18(15,16)12-4-2-3-11(9-12)13-10-5-7-17(14)8-6-10/h10-13H,2-9H2,1H3. The van der Waals surface area contributed by atoms with Crippen LogP contribution in [0.15, 0.2) is 0 Å². The fourth-order valence-electron chi connectivity index (χ4n) is 2.98. The van der Waals surface area contributed by atoms with Crippen LogP contribution in [-0.2, 0) is 20.6 Å².